The first-order valence-corrected chi connectivity index (χ1v) is 5.58. The Kier molecular flexibility index (Phi) is 3.69. The van der Waals surface area contributed by atoms with Gasteiger partial charge >= 0.3 is 0 Å². The topological polar surface area (TPSA) is 63.0 Å². The molecule has 1 aromatic heterocycles. The fourth-order valence-corrected chi connectivity index (χ4v) is 1.86. The number of nitrogens with one attached hydrogen (secondary N) is 2. The molecule has 84 valence electrons. The maximum absolute atomic E-state index is 5.15. The summed E-state index contributed by atoms with van der Waals surface area (Å²) < 4.78 is 5.15. The van der Waals surface area contributed by atoms with Gasteiger partial charge in [0.1, 0.15) is 0 Å². The van der Waals surface area contributed by atoms with E-state index in [1.54, 1.807) is 0 Å². The van der Waals surface area contributed by atoms with Crippen LogP contribution in [0.25, 0.3) is 0 Å². The summed E-state index contributed by atoms with van der Waals surface area (Å²) >= 11 is 0. The van der Waals surface area contributed by atoms with Crippen LogP contribution in [0.3, 0.4) is 0 Å². The zero-order valence-electron chi connectivity index (χ0n) is 9.12. The van der Waals surface area contributed by atoms with Crippen molar-refractivity contribution in [2.45, 2.75) is 31.7 Å². The molecule has 1 atom stereocenters. The lowest BCUT2D eigenvalue weighted by molar-refractivity contribution is 0.370. The third-order valence-corrected chi connectivity index (χ3v) is 2.69. The molecule has 1 saturated heterocycles. The van der Waals surface area contributed by atoms with E-state index in [1.165, 1.54) is 12.8 Å². The molecule has 5 nitrogen and oxygen atoms in total. The van der Waals surface area contributed by atoms with Crippen LogP contribution < -0.4 is 10.6 Å². The standard InChI is InChI=1S/C10H18N4O/c1-11-6-4-10-13-9(14-15-10)7-8-3-2-5-12-8/h8,11-12H,2-7H2,1H3. The highest BCUT2D eigenvalue weighted by Gasteiger charge is 2.17. The summed E-state index contributed by atoms with van der Waals surface area (Å²) in [5, 5.41) is 10.5. The van der Waals surface area contributed by atoms with Crippen LogP contribution in [0.2, 0.25) is 0 Å². The summed E-state index contributed by atoms with van der Waals surface area (Å²) in [6.07, 6.45) is 4.18. The number of hydrogen-bond acceptors (Lipinski definition) is 5. The second-order valence-electron chi connectivity index (χ2n) is 3.96. The Morgan fingerprint density at radius 3 is 3.27 bits per heavy atom. The first-order chi connectivity index (χ1) is 7.38. The number of rotatable bonds is 5. The maximum Gasteiger partial charge on any atom is 0.227 e. The van der Waals surface area contributed by atoms with Gasteiger partial charge in [-0.15, -0.1) is 0 Å². The number of aromatic nitrogens is 2. The van der Waals surface area contributed by atoms with Crippen molar-refractivity contribution in [3.05, 3.63) is 11.7 Å². The zero-order chi connectivity index (χ0) is 10.5. The highest BCUT2D eigenvalue weighted by atomic mass is 16.5. The second-order valence-corrected chi connectivity index (χ2v) is 3.96. The van der Waals surface area contributed by atoms with E-state index in [2.05, 4.69) is 20.8 Å². The Hall–Kier alpha value is -0.940. The lowest BCUT2D eigenvalue weighted by atomic mass is 10.1. The molecule has 0 bridgehead atoms. The van der Waals surface area contributed by atoms with E-state index in [0.29, 0.717) is 6.04 Å². The molecule has 1 aliphatic rings. The van der Waals surface area contributed by atoms with Gasteiger partial charge in [-0.25, -0.2) is 0 Å². The molecular formula is C10H18N4O. The Morgan fingerprint density at radius 2 is 2.53 bits per heavy atom. The van der Waals surface area contributed by atoms with Gasteiger partial charge in [-0.1, -0.05) is 5.16 Å². The lowest BCUT2D eigenvalue weighted by Gasteiger charge is -2.04. The molecule has 2 rings (SSSR count). The predicted molar refractivity (Wildman–Crippen MR) is 56.7 cm³/mol. The summed E-state index contributed by atoms with van der Waals surface area (Å²) in [5.74, 6) is 1.57. The number of likely N-dealkylation sites (N-methyl/N-ethyl adjacent to an activating group) is 1. The maximum atomic E-state index is 5.15. The number of hydrogen-bond donors (Lipinski definition) is 2. The van der Waals surface area contributed by atoms with Gasteiger partial charge in [0.15, 0.2) is 5.82 Å². The minimum Gasteiger partial charge on any atom is -0.339 e. The molecular weight excluding hydrogens is 192 g/mol. The van der Waals surface area contributed by atoms with Crippen LogP contribution in [0, 0.1) is 0 Å². The van der Waals surface area contributed by atoms with Crippen LogP contribution in [0.5, 0.6) is 0 Å². The fraction of sp³-hybridized carbons (Fsp3) is 0.800. The predicted octanol–water partition coefficient (Wildman–Crippen LogP) is 0.126. The van der Waals surface area contributed by atoms with Crippen LogP contribution in [0.4, 0.5) is 0 Å². The SMILES string of the molecule is CNCCc1nc(CC2CCCN2)no1. The van der Waals surface area contributed by atoms with Gasteiger partial charge in [-0.2, -0.15) is 4.98 Å². The summed E-state index contributed by atoms with van der Waals surface area (Å²) in [7, 11) is 1.92. The molecule has 0 aliphatic carbocycles. The lowest BCUT2D eigenvalue weighted by Crippen LogP contribution is -2.24. The molecule has 1 fully saturated rings. The molecule has 1 aromatic rings. The average molecular weight is 210 g/mol. The zero-order valence-corrected chi connectivity index (χ0v) is 9.12. The van der Waals surface area contributed by atoms with Crippen LogP contribution in [-0.4, -0.2) is 36.3 Å². The van der Waals surface area contributed by atoms with Crippen molar-refractivity contribution in [3.63, 3.8) is 0 Å². The quantitative estimate of drug-likeness (QED) is 0.723. The molecule has 0 amide bonds. The minimum atomic E-state index is 0.541. The highest BCUT2D eigenvalue weighted by Crippen LogP contribution is 2.10. The van der Waals surface area contributed by atoms with E-state index in [0.717, 1.165) is 37.6 Å². The minimum absolute atomic E-state index is 0.541. The molecule has 0 saturated carbocycles. The van der Waals surface area contributed by atoms with Crippen molar-refractivity contribution in [1.82, 2.24) is 20.8 Å². The molecule has 0 spiro atoms. The van der Waals surface area contributed by atoms with E-state index in [1.807, 2.05) is 7.05 Å². The van der Waals surface area contributed by atoms with E-state index in [4.69, 9.17) is 4.52 Å². The normalized spacial score (nSPS) is 21.0. The molecule has 15 heavy (non-hydrogen) atoms. The first-order valence-electron chi connectivity index (χ1n) is 5.58. The summed E-state index contributed by atoms with van der Waals surface area (Å²) in [5.41, 5.74) is 0. The second kappa shape index (κ2) is 5.23. The van der Waals surface area contributed by atoms with Crippen molar-refractivity contribution < 1.29 is 4.52 Å². The molecule has 0 radical (unpaired) electrons. The van der Waals surface area contributed by atoms with Crippen molar-refractivity contribution in [2.75, 3.05) is 20.1 Å². The van der Waals surface area contributed by atoms with E-state index in [9.17, 15) is 0 Å². The average Bonchev–Trinajstić information content (AvgIpc) is 2.87. The third-order valence-electron chi connectivity index (χ3n) is 2.69. The Morgan fingerprint density at radius 1 is 1.60 bits per heavy atom. The number of nitrogens with zero attached hydrogens (tertiary/aromatic N) is 2. The summed E-state index contributed by atoms with van der Waals surface area (Å²) in [6, 6.07) is 0.541. The van der Waals surface area contributed by atoms with Crippen molar-refractivity contribution in [1.29, 1.82) is 0 Å². The largest absolute Gasteiger partial charge is 0.339 e. The molecule has 1 aliphatic heterocycles. The first kappa shape index (κ1) is 10.6. The van der Waals surface area contributed by atoms with Crippen LogP contribution in [0.15, 0.2) is 4.52 Å². The van der Waals surface area contributed by atoms with Gasteiger partial charge in [0, 0.05) is 25.4 Å². The van der Waals surface area contributed by atoms with E-state index in [-0.39, 0.29) is 0 Å². The van der Waals surface area contributed by atoms with E-state index < -0.39 is 0 Å². The van der Waals surface area contributed by atoms with Crippen LogP contribution in [0.1, 0.15) is 24.6 Å². The van der Waals surface area contributed by atoms with Gasteiger partial charge in [-0.3, -0.25) is 0 Å². The fourth-order valence-electron chi connectivity index (χ4n) is 1.86. The van der Waals surface area contributed by atoms with E-state index >= 15 is 0 Å². The summed E-state index contributed by atoms with van der Waals surface area (Å²) in [4.78, 5) is 4.35. The third kappa shape index (κ3) is 3.00. The molecule has 1 unspecified atom stereocenters. The molecule has 0 aromatic carbocycles. The highest BCUT2D eigenvalue weighted by molar-refractivity contribution is 4.92. The summed E-state index contributed by atoms with van der Waals surface area (Å²) in [6.45, 7) is 2.00. The monoisotopic (exact) mass is 210 g/mol. The van der Waals surface area contributed by atoms with Crippen molar-refractivity contribution in [3.8, 4) is 0 Å². The van der Waals surface area contributed by atoms with Gasteiger partial charge in [0.2, 0.25) is 5.89 Å². The van der Waals surface area contributed by atoms with Gasteiger partial charge < -0.3 is 15.2 Å². The Labute approximate surface area is 89.6 Å². The van der Waals surface area contributed by atoms with Gasteiger partial charge in [0.05, 0.1) is 0 Å². The Balaban J connectivity index is 1.83. The van der Waals surface area contributed by atoms with Crippen LogP contribution >= 0.6 is 0 Å². The van der Waals surface area contributed by atoms with Gasteiger partial charge in [0.25, 0.3) is 0 Å². The Bertz CT molecular complexity index is 293. The molecule has 2 heterocycles. The smallest absolute Gasteiger partial charge is 0.227 e. The van der Waals surface area contributed by atoms with Gasteiger partial charge in [-0.05, 0) is 26.4 Å². The molecule has 5 heteroatoms. The van der Waals surface area contributed by atoms with Crippen molar-refractivity contribution in [2.24, 2.45) is 0 Å². The van der Waals surface area contributed by atoms with Crippen LogP contribution in [-0.2, 0) is 12.8 Å². The molecule has 2 N–H and O–H groups in total. The van der Waals surface area contributed by atoms with Crippen molar-refractivity contribution >= 4 is 0 Å².